The molecule has 2 aliphatic rings. The SMILES string of the molecule is CCN(CCOC)C(=O)[C@H]1CCc2c(sc3ncnc(Nc4cc5cn[nH]c5cc4N4CCC(N(C)C)CC4)c23)C1. The second-order valence-electron chi connectivity index (χ2n) is 11.4. The molecule has 3 aromatic heterocycles. The second kappa shape index (κ2) is 11.9. The Balaban J connectivity index is 1.30. The number of carbonyl (C=O) groups excluding carboxylic acids is 1. The summed E-state index contributed by atoms with van der Waals surface area (Å²) >= 11 is 1.71. The summed E-state index contributed by atoms with van der Waals surface area (Å²) in [6, 6.07) is 4.99. The van der Waals surface area contributed by atoms with Crippen molar-refractivity contribution in [3.05, 3.63) is 35.1 Å². The van der Waals surface area contributed by atoms with Crippen LogP contribution in [0.1, 0.15) is 36.6 Å². The molecule has 0 saturated carbocycles. The second-order valence-corrected chi connectivity index (χ2v) is 12.5. The summed E-state index contributed by atoms with van der Waals surface area (Å²) < 4.78 is 5.23. The van der Waals surface area contributed by atoms with E-state index in [0.717, 1.165) is 83.5 Å². The fourth-order valence-electron chi connectivity index (χ4n) is 6.39. The van der Waals surface area contributed by atoms with E-state index < -0.39 is 0 Å². The number of carbonyl (C=O) groups is 1. The van der Waals surface area contributed by atoms with Gasteiger partial charge in [-0.3, -0.25) is 9.89 Å². The quantitative estimate of drug-likeness (QED) is 0.302. The van der Waals surface area contributed by atoms with E-state index in [2.05, 4.69) is 56.5 Å². The first-order valence-corrected chi connectivity index (χ1v) is 15.5. The summed E-state index contributed by atoms with van der Waals surface area (Å²) in [4.78, 5) is 31.7. The van der Waals surface area contributed by atoms with Crippen molar-refractivity contribution in [3.8, 4) is 0 Å². The Morgan fingerprint density at radius 1 is 1.22 bits per heavy atom. The summed E-state index contributed by atoms with van der Waals surface area (Å²) in [6.45, 7) is 5.93. The summed E-state index contributed by atoms with van der Waals surface area (Å²) in [6.07, 6.45) is 8.22. The van der Waals surface area contributed by atoms with Gasteiger partial charge >= 0.3 is 0 Å². The number of hydrogen-bond acceptors (Lipinski definition) is 9. The zero-order valence-corrected chi connectivity index (χ0v) is 25.3. The number of aromatic amines is 1. The minimum Gasteiger partial charge on any atom is -0.383 e. The molecule has 4 heterocycles. The Kier molecular flexibility index (Phi) is 8.10. The lowest BCUT2D eigenvalue weighted by atomic mass is 9.87. The van der Waals surface area contributed by atoms with Crippen molar-refractivity contribution in [1.82, 2.24) is 30.0 Å². The number of aryl methyl sites for hydroxylation is 1. The van der Waals surface area contributed by atoms with Crippen LogP contribution in [0.15, 0.2) is 24.7 Å². The van der Waals surface area contributed by atoms with Gasteiger partial charge in [0.2, 0.25) is 5.91 Å². The highest BCUT2D eigenvalue weighted by molar-refractivity contribution is 7.19. The highest BCUT2D eigenvalue weighted by Crippen LogP contribution is 2.42. The fourth-order valence-corrected chi connectivity index (χ4v) is 7.66. The van der Waals surface area contributed by atoms with Gasteiger partial charge in [0.15, 0.2) is 0 Å². The van der Waals surface area contributed by atoms with Crippen LogP contribution in [0.3, 0.4) is 0 Å². The van der Waals surface area contributed by atoms with Crippen molar-refractivity contribution in [1.29, 1.82) is 0 Å². The first kappa shape index (κ1) is 27.9. The van der Waals surface area contributed by atoms with Crippen LogP contribution in [-0.2, 0) is 22.4 Å². The number of likely N-dealkylation sites (N-methyl/N-ethyl adjacent to an activating group) is 1. The maximum atomic E-state index is 13.3. The lowest BCUT2D eigenvalue weighted by Gasteiger charge is -2.37. The molecular formula is C30H40N8O2S. The van der Waals surface area contributed by atoms with E-state index >= 15 is 0 Å². The number of amides is 1. The molecule has 1 aliphatic carbocycles. The average Bonchev–Trinajstić information content (AvgIpc) is 3.61. The van der Waals surface area contributed by atoms with E-state index in [1.54, 1.807) is 24.8 Å². The van der Waals surface area contributed by atoms with Gasteiger partial charge in [0.25, 0.3) is 0 Å². The molecule has 4 aromatic rings. The molecule has 1 fully saturated rings. The number of piperidine rings is 1. The van der Waals surface area contributed by atoms with Crippen molar-refractivity contribution in [2.45, 2.75) is 45.1 Å². The van der Waals surface area contributed by atoms with E-state index in [0.29, 0.717) is 25.7 Å². The van der Waals surface area contributed by atoms with Gasteiger partial charge in [0.1, 0.15) is 17.0 Å². The third-order valence-corrected chi connectivity index (χ3v) is 9.96. The number of ether oxygens (including phenoxy) is 1. The number of fused-ring (bicyclic) bond motifs is 4. The smallest absolute Gasteiger partial charge is 0.226 e. The third kappa shape index (κ3) is 5.50. The predicted octanol–water partition coefficient (Wildman–Crippen LogP) is 4.44. The number of nitrogens with one attached hydrogen (secondary N) is 2. The normalized spacial score (nSPS) is 17.9. The Hall–Kier alpha value is -3.28. The molecular weight excluding hydrogens is 536 g/mol. The van der Waals surface area contributed by atoms with Crippen LogP contribution in [0.25, 0.3) is 21.1 Å². The van der Waals surface area contributed by atoms with E-state index in [4.69, 9.17) is 9.72 Å². The Bertz CT molecular complexity index is 1520. The molecule has 10 nitrogen and oxygen atoms in total. The maximum absolute atomic E-state index is 13.3. The number of nitrogens with zero attached hydrogens (tertiary/aromatic N) is 6. The Labute approximate surface area is 245 Å². The van der Waals surface area contributed by atoms with Gasteiger partial charge in [0.05, 0.1) is 35.1 Å². The molecule has 1 aliphatic heterocycles. The number of methoxy groups -OCH3 is 1. The van der Waals surface area contributed by atoms with E-state index in [1.807, 2.05) is 18.0 Å². The maximum Gasteiger partial charge on any atom is 0.226 e. The molecule has 0 unspecified atom stereocenters. The number of anilines is 3. The summed E-state index contributed by atoms with van der Waals surface area (Å²) in [5.74, 6) is 1.06. The van der Waals surface area contributed by atoms with E-state index in [-0.39, 0.29) is 11.8 Å². The van der Waals surface area contributed by atoms with Crippen LogP contribution in [-0.4, -0.2) is 95.9 Å². The molecule has 218 valence electrons. The fraction of sp³-hybridized carbons (Fsp3) is 0.533. The van der Waals surface area contributed by atoms with Crippen molar-refractivity contribution in [3.63, 3.8) is 0 Å². The molecule has 11 heteroatoms. The summed E-state index contributed by atoms with van der Waals surface area (Å²) in [5.41, 5.74) is 4.51. The van der Waals surface area contributed by atoms with Crippen LogP contribution in [0.2, 0.25) is 0 Å². The largest absolute Gasteiger partial charge is 0.383 e. The monoisotopic (exact) mass is 576 g/mol. The van der Waals surface area contributed by atoms with Crippen LogP contribution in [0.5, 0.6) is 0 Å². The van der Waals surface area contributed by atoms with Crippen molar-refractivity contribution >= 4 is 55.6 Å². The van der Waals surface area contributed by atoms with Gasteiger partial charge in [0, 0.05) is 55.5 Å². The summed E-state index contributed by atoms with van der Waals surface area (Å²) in [7, 11) is 6.02. The van der Waals surface area contributed by atoms with Gasteiger partial charge in [-0.15, -0.1) is 11.3 Å². The van der Waals surface area contributed by atoms with Crippen molar-refractivity contribution < 1.29 is 9.53 Å². The van der Waals surface area contributed by atoms with Gasteiger partial charge in [-0.1, -0.05) is 0 Å². The van der Waals surface area contributed by atoms with Crippen molar-refractivity contribution in [2.75, 3.05) is 64.2 Å². The number of rotatable bonds is 9. The molecule has 2 N–H and O–H groups in total. The highest BCUT2D eigenvalue weighted by Gasteiger charge is 2.31. The van der Waals surface area contributed by atoms with Gasteiger partial charge in [-0.2, -0.15) is 5.10 Å². The molecule has 1 amide bonds. The first-order chi connectivity index (χ1) is 20.0. The molecule has 0 bridgehead atoms. The number of aromatic nitrogens is 4. The van der Waals surface area contributed by atoms with E-state index in [1.165, 1.54) is 10.4 Å². The molecule has 0 spiro atoms. The standard InChI is InChI=1S/C30H40N8O2S/c1-5-37(12-13-40-4)30(39)19-6-7-22-26(15-19)41-29-27(22)28(31-18-32-29)34-24-14-20-17-33-35-23(20)16-25(24)38-10-8-21(9-11-38)36(2)3/h14,16-19,21H,5-13,15H2,1-4H3,(H,33,35)(H,31,32,34)/t19-/m0/s1. The number of hydrogen-bond donors (Lipinski definition) is 2. The zero-order valence-electron chi connectivity index (χ0n) is 24.4. The van der Waals surface area contributed by atoms with Gasteiger partial charge in [-0.25, -0.2) is 9.97 Å². The Morgan fingerprint density at radius 2 is 2.05 bits per heavy atom. The van der Waals surface area contributed by atoms with Crippen LogP contribution in [0.4, 0.5) is 17.2 Å². The van der Waals surface area contributed by atoms with Crippen molar-refractivity contribution in [2.24, 2.45) is 5.92 Å². The molecule has 1 saturated heterocycles. The predicted molar refractivity (Wildman–Crippen MR) is 165 cm³/mol. The number of thiophene rings is 1. The highest BCUT2D eigenvalue weighted by atomic mass is 32.1. The molecule has 41 heavy (non-hydrogen) atoms. The number of benzene rings is 1. The zero-order chi connectivity index (χ0) is 28.5. The number of H-pyrrole nitrogens is 1. The van der Waals surface area contributed by atoms with Gasteiger partial charge < -0.3 is 24.8 Å². The van der Waals surface area contributed by atoms with Crippen LogP contribution < -0.4 is 10.2 Å². The average molecular weight is 577 g/mol. The Morgan fingerprint density at radius 3 is 2.80 bits per heavy atom. The third-order valence-electron chi connectivity index (χ3n) is 8.80. The van der Waals surface area contributed by atoms with Gasteiger partial charge in [-0.05, 0) is 70.8 Å². The molecule has 6 rings (SSSR count). The molecule has 1 aromatic carbocycles. The van der Waals surface area contributed by atoms with Crippen LogP contribution in [0, 0.1) is 5.92 Å². The lowest BCUT2D eigenvalue weighted by molar-refractivity contribution is -0.136. The molecule has 0 radical (unpaired) electrons. The summed E-state index contributed by atoms with van der Waals surface area (Å²) in [5, 5.41) is 13.3. The minimum absolute atomic E-state index is 0.00284. The minimum atomic E-state index is -0.00284. The lowest BCUT2D eigenvalue weighted by Crippen LogP contribution is -2.42. The topological polar surface area (TPSA) is 103 Å². The van der Waals surface area contributed by atoms with E-state index in [9.17, 15) is 4.79 Å². The first-order valence-electron chi connectivity index (χ1n) is 14.6. The van der Waals surface area contributed by atoms with Crippen LogP contribution >= 0.6 is 11.3 Å². The molecule has 1 atom stereocenters.